The maximum atomic E-state index is 13.5. The van der Waals surface area contributed by atoms with Gasteiger partial charge >= 0.3 is 0 Å². The molecule has 1 unspecified atom stereocenters. The van der Waals surface area contributed by atoms with E-state index >= 15 is 0 Å². The highest BCUT2D eigenvalue weighted by molar-refractivity contribution is 7.89. The van der Waals surface area contributed by atoms with E-state index in [0.717, 1.165) is 32.1 Å². The van der Waals surface area contributed by atoms with Crippen LogP contribution in [0.1, 0.15) is 18.9 Å². The van der Waals surface area contributed by atoms with Crippen LogP contribution in [-0.4, -0.2) is 39.5 Å². The lowest BCUT2D eigenvalue weighted by Gasteiger charge is -2.14. The summed E-state index contributed by atoms with van der Waals surface area (Å²) in [6, 6.07) is 5.23. The van der Waals surface area contributed by atoms with Crippen LogP contribution in [0.15, 0.2) is 23.1 Å². The molecule has 0 amide bonds. The van der Waals surface area contributed by atoms with Crippen molar-refractivity contribution in [1.29, 1.82) is 5.26 Å². The van der Waals surface area contributed by atoms with E-state index in [1.165, 1.54) is 12.1 Å². The van der Waals surface area contributed by atoms with Crippen molar-refractivity contribution in [2.45, 2.75) is 18.2 Å². The molecule has 0 saturated carbocycles. The van der Waals surface area contributed by atoms with Crippen molar-refractivity contribution in [3.8, 4) is 6.07 Å². The van der Waals surface area contributed by atoms with Crippen LogP contribution in [0.5, 0.6) is 0 Å². The van der Waals surface area contributed by atoms with Crippen molar-refractivity contribution in [3.63, 3.8) is 0 Å². The average molecular weight is 311 g/mol. The van der Waals surface area contributed by atoms with Crippen molar-refractivity contribution in [2.75, 3.05) is 26.2 Å². The van der Waals surface area contributed by atoms with Crippen molar-refractivity contribution >= 4 is 10.0 Å². The first-order valence-corrected chi connectivity index (χ1v) is 8.37. The van der Waals surface area contributed by atoms with Gasteiger partial charge in [-0.15, -0.1) is 0 Å². The van der Waals surface area contributed by atoms with Gasteiger partial charge in [0.1, 0.15) is 22.3 Å². The third-order valence-electron chi connectivity index (χ3n) is 3.76. The highest BCUT2D eigenvalue weighted by Crippen LogP contribution is 2.19. The molecule has 1 aliphatic heterocycles. The molecule has 21 heavy (non-hydrogen) atoms. The molecule has 0 aromatic heterocycles. The lowest BCUT2D eigenvalue weighted by molar-refractivity contribution is 0.342. The average Bonchev–Trinajstić information content (AvgIpc) is 2.93. The molecule has 1 heterocycles. The maximum absolute atomic E-state index is 13.5. The second kappa shape index (κ2) is 6.52. The third kappa shape index (κ3) is 3.59. The topological polar surface area (TPSA) is 73.2 Å². The zero-order valence-electron chi connectivity index (χ0n) is 11.8. The quantitative estimate of drug-likeness (QED) is 0.890. The van der Waals surface area contributed by atoms with Crippen LogP contribution in [-0.2, 0) is 10.0 Å². The Kier molecular flexibility index (Phi) is 4.93. The number of hydrogen-bond donors (Lipinski definition) is 1. The molecular weight excluding hydrogens is 293 g/mol. The van der Waals surface area contributed by atoms with E-state index < -0.39 is 21.4 Å². The van der Waals surface area contributed by atoms with E-state index in [2.05, 4.69) is 16.5 Å². The van der Waals surface area contributed by atoms with Gasteiger partial charge in [0.05, 0.1) is 0 Å². The first-order valence-electron chi connectivity index (χ1n) is 6.88. The Morgan fingerprint density at radius 3 is 2.90 bits per heavy atom. The van der Waals surface area contributed by atoms with Crippen molar-refractivity contribution in [3.05, 3.63) is 29.6 Å². The Hall–Kier alpha value is -1.49. The normalized spacial score (nSPS) is 19.6. The summed E-state index contributed by atoms with van der Waals surface area (Å²) in [6.45, 7) is 5.14. The van der Waals surface area contributed by atoms with Gasteiger partial charge in [0, 0.05) is 13.1 Å². The van der Waals surface area contributed by atoms with Gasteiger partial charge in [0.25, 0.3) is 0 Å². The molecule has 7 heteroatoms. The molecule has 0 radical (unpaired) electrons. The fraction of sp³-hybridized carbons (Fsp3) is 0.500. The molecule has 5 nitrogen and oxygen atoms in total. The molecular formula is C14H18FN3O2S. The predicted molar refractivity (Wildman–Crippen MR) is 76.5 cm³/mol. The Balaban J connectivity index is 2.10. The molecule has 1 fully saturated rings. The summed E-state index contributed by atoms with van der Waals surface area (Å²) in [5, 5.41) is 8.92. The van der Waals surface area contributed by atoms with Crippen LogP contribution >= 0.6 is 0 Å². The number of nitrogens with zero attached hydrogens (tertiary/aromatic N) is 2. The van der Waals surface area contributed by atoms with E-state index in [-0.39, 0.29) is 10.8 Å². The number of hydrogen-bond acceptors (Lipinski definition) is 4. The Bertz CT molecular complexity index is 655. The first-order chi connectivity index (χ1) is 9.97. The van der Waals surface area contributed by atoms with Gasteiger partial charge in [0.15, 0.2) is 0 Å². The minimum atomic E-state index is -3.87. The van der Waals surface area contributed by atoms with E-state index in [4.69, 9.17) is 5.26 Å². The van der Waals surface area contributed by atoms with E-state index in [1.54, 1.807) is 6.07 Å². The zero-order chi connectivity index (χ0) is 15.5. The van der Waals surface area contributed by atoms with Crippen molar-refractivity contribution in [2.24, 2.45) is 5.92 Å². The fourth-order valence-corrected chi connectivity index (χ4v) is 3.79. The number of halogens is 1. The molecule has 1 aromatic carbocycles. The van der Waals surface area contributed by atoms with Gasteiger partial charge in [-0.25, -0.2) is 17.5 Å². The molecule has 1 aliphatic rings. The van der Waals surface area contributed by atoms with Crippen molar-refractivity contribution in [1.82, 2.24) is 9.62 Å². The first kappa shape index (κ1) is 15.9. The Morgan fingerprint density at radius 2 is 2.29 bits per heavy atom. The SMILES string of the molecule is CCN1CCC(CNS(=O)(=O)c2cccc(F)c2C#N)C1. The molecule has 0 bridgehead atoms. The van der Waals surface area contributed by atoms with E-state index in [1.807, 2.05) is 0 Å². The van der Waals surface area contributed by atoms with Crippen LogP contribution in [0.2, 0.25) is 0 Å². The van der Waals surface area contributed by atoms with Gasteiger partial charge in [0.2, 0.25) is 10.0 Å². The Morgan fingerprint density at radius 1 is 1.52 bits per heavy atom. The van der Waals surface area contributed by atoms with Gasteiger partial charge in [-0.2, -0.15) is 5.26 Å². The number of nitriles is 1. The smallest absolute Gasteiger partial charge is 0.242 e. The molecule has 1 atom stereocenters. The lowest BCUT2D eigenvalue weighted by atomic mass is 10.1. The Labute approximate surface area is 124 Å². The molecule has 1 N–H and O–H groups in total. The minimum absolute atomic E-state index is 0.249. The van der Waals surface area contributed by atoms with Crippen LogP contribution < -0.4 is 4.72 Å². The number of benzene rings is 1. The second-order valence-corrected chi connectivity index (χ2v) is 6.86. The minimum Gasteiger partial charge on any atom is -0.303 e. The molecule has 1 aromatic rings. The van der Waals surface area contributed by atoms with Gasteiger partial charge in [-0.1, -0.05) is 13.0 Å². The predicted octanol–water partition coefficient (Wildman–Crippen LogP) is 1.32. The van der Waals surface area contributed by atoms with E-state index in [0.29, 0.717) is 6.54 Å². The van der Waals surface area contributed by atoms with Crippen LogP contribution in [0.4, 0.5) is 4.39 Å². The summed E-state index contributed by atoms with van der Waals surface area (Å²) in [7, 11) is -3.87. The van der Waals surface area contributed by atoms with Crippen molar-refractivity contribution < 1.29 is 12.8 Å². The molecule has 0 aliphatic carbocycles. The second-order valence-electron chi connectivity index (χ2n) is 5.12. The van der Waals surface area contributed by atoms with Gasteiger partial charge in [-0.3, -0.25) is 0 Å². The fourth-order valence-electron chi connectivity index (χ4n) is 2.51. The molecule has 2 rings (SSSR count). The third-order valence-corrected chi connectivity index (χ3v) is 5.22. The van der Waals surface area contributed by atoms with Crippen LogP contribution in [0.25, 0.3) is 0 Å². The number of rotatable bonds is 5. The monoisotopic (exact) mass is 311 g/mol. The molecule has 0 spiro atoms. The number of nitrogens with one attached hydrogen (secondary N) is 1. The summed E-state index contributed by atoms with van der Waals surface area (Å²) in [5.41, 5.74) is -0.438. The number of sulfonamides is 1. The largest absolute Gasteiger partial charge is 0.303 e. The molecule has 1 saturated heterocycles. The zero-order valence-corrected chi connectivity index (χ0v) is 12.7. The molecule has 114 valence electrons. The van der Waals surface area contributed by atoms with Gasteiger partial charge < -0.3 is 4.90 Å². The highest BCUT2D eigenvalue weighted by atomic mass is 32.2. The number of likely N-dealkylation sites (tertiary alicyclic amines) is 1. The van der Waals surface area contributed by atoms with Crippen LogP contribution in [0.3, 0.4) is 0 Å². The highest BCUT2D eigenvalue weighted by Gasteiger charge is 2.25. The van der Waals surface area contributed by atoms with Gasteiger partial charge in [-0.05, 0) is 37.6 Å². The van der Waals surface area contributed by atoms with E-state index in [9.17, 15) is 12.8 Å². The summed E-state index contributed by atoms with van der Waals surface area (Å²) >= 11 is 0. The maximum Gasteiger partial charge on any atom is 0.242 e. The summed E-state index contributed by atoms with van der Waals surface area (Å²) in [4.78, 5) is 1.96. The summed E-state index contributed by atoms with van der Waals surface area (Å²) < 4.78 is 40.4. The lowest BCUT2D eigenvalue weighted by Crippen LogP contribution is -2.31. The summed E-state index contributed by atoms with van der Waals surface area (Å²) in [5.74, 6) is -0.572. The van der Waals surface area contributed by atoms with Crippen LogP contribution in [0, 0.1) is 23.1 Å². The standard InChI is InChI=1S/C14H18FN3O2S/c1-2-18-7-6-11(10-18)9-17-21(19,20)14-5-3-4-13(15)12(14)8-16/h3-5,11,17H,2,6-7,9-10H2,1H3. The summed E-state index contributed by atoms with van der Waals surface area (Å²) in [6.07, 6.45) is 0.935.